The van der Waals surface area contributed by atoms with E-state index in [9.17, 15) is 0 Å². The molecule has 1 aromatic rings. The lowest BCUT2D eigenvalue weighted by molar-refractivity contribution is 0.273. The highest BCUT2D eigenvalue weighted by Gasteiger charge is 2.29. The molecule has 0 spiro atoms. The molecule has 1 aromatic carbocycles. The minimum Gasteiger partial charge on any atom is -0.399 e. The number of hydrogen-bond donors (Lipinski definition) is 1. The van der Waals surface area contributed by atoms with Crippen molar-refractivity contribution in [2.45, 2.75) is 25.3 Å². The van der Waals surface area contributed by atoms with Gasteiger partial charge in [0.05, 0.1) is 10.7 Å². The van der Waals surface area contributed by atoms with Crippen molar-refractivity contribution in [3.8, 4) is 0 Å². The number of nitrogens with zero attached hydrogens (tertiary/aromatic N) is 2. The van der Waals surface area contributed by atoms with Gasteiger partial charge in [-0.2, -0.15) is 0 Å². The first kappa shape index (κ1) is 12.1. The number of halogens is 1. The Labute approximate surface area is 114 Å². The Hall–Kier alpha value is -0.930. The number of nitrogens with two attached hydrogens (primary N) is 1. The first-order valence-electron chi connectivity index (χ1n) is 6.78. The van der Waals surface area contributed by atoms with Gasteiger partial charge >= 0.3 is 0 Å². The van der Waals surface area contributed by atoms with Gasteiger partial charge in [0.1, 0.15) is 0 Å². The molecule has 2 aliphatic rings. The molecule has 3 rings (SSSR count). The molecule has 0 amide bonds. The van der Waals surface area contributed by atoms with Gasteiger partial charge in [0.15, 0.2) is 0 Å². The first-order chi connectivity index (χ1) is 8.74. The van der Waals surface area contributed by atoms with Crippen LogP contribution < -0.4 is 10.6 Å². The summed E-state index contributed by atoms with van der Waals surface area (Å²) in [7, 11) is 0. The number of fused-ring (bicyclic) bond motifs is 1. The van der Waals surface area contributed by atoms with Gasteiger partial charge in [-0.1, -0.05) is 11.6 Å². The van der Waals surface area contributed by atoms with Crippen molar-refractivity contribution in [2.24, 2.45) is 0 Å². The van der Waals surface area contributed by atoms with Crippen molar-refractivity contribution in [3.63, 3.8) is 0 Å². The molecular weight excluding hydrogens is 246 g/mol. The summed E-state index contributed by atoms with van der Waals surface area (Å²) in [6.45, 7) is 4.70. The fraction of sp³-hybridized carbons (Fsp3) is 0.571. The summed E-state index contributed by atoms with van der Waals surface area (Å²) in [5.74, 6) is 0. The second kappa shape index (κ2) is 4.98. The summed E-state index contributed by atoms with van der Waals surface area (Å²) in [6, 6.07) is 6.57. The minimum absolute atomic E-state index is 0.709. The molecule has 1 atom stereocenters. The second-order valence-corrected chi connectivity index (χ2v) is 5.75. The predicted octanol–water partition coefficient (Wildman–Crippen LogP) is 2.60. The molecule has 1 unspecified atom stereocenters. The van der Waals surface area contributed by atoms with Crippen molar-refractivity contribution < 1.29 is 0 Å². The highest BCUT2D eigenvalue weighted by molar-refractivity contribution is 6.33. The van der Waals surface area contributed by atoms with Crippen LogP contribution in [0.25, 0.3) is 0 Å². The van der Waals surface area contributed by atoms with E-state index in [-0.39, 0.29) is 0 Å². The number of anilines is 2. The highest BCUT2D eigenvalue weighted by Crippen LogP contribution is 2.31. The Morgan fingerprint density at radius 3 is 2.83 bits per heavy atom. The largest absolute Gasteiger partial charge is 0.399 e. The topological polar surface area (TPSA) is 32.5 Å². The molecule has 98 valence electrons. The molecule has 4 heteroatoms. The van der Waals surface area contributed by atoms with Crippen LogP contribution in [0.2, 0.25) is 5.02 Å². The smallest absolute Gasteiger partial charge is 0.0660 e. The monoisotopic (exact) mass is 265 g/mol. The van der Waals surface area contributed by atoms with Gasteiger partial charge in [-0.3, -0.25) is 4.90 Å². The molecular formula is C14H20ClN3. The van der Waals surface area contributed by atoms with E-state index in [1.807, 2.05) is 12.1 Å². The molecule has 0 aromatic heterocycles. The van der Waals surface area contributed by atoms with E-state index < -0.39 is 0 Å². The predicted molar refractivity (Wildman–Crippen MR) is 77.3 cm³/mol. The lowest BCUT2D eigenvalue weighted by atomic mass is 10.2. The molecule has 2 N–H and O–H groups in total. The van der Waals surface area contributed by atoms with Gasteiger partial charge < -0.3 is 10.6 Å². The van der Waals surface area contributed by atoms with Crippen LogP contribution in [0.1, 0.15) is 19.3 Å². The van der Waals surface area contributed by atoms with E-state index in [0.29, 0.717) is 6.04 Å². The second-order valence-electron chi connectivity index (χ2n) is 5.34. The zero-order chi connectivity index (χ0) is 12.5. The average molecular weight is 266 g/mol. The Morgan fingerprint density at radius 2 is 2.00 bits per heavy atom. The lowest BCUT2D eigenvalue weighted by Crippen LogP contribution is -2.36. The Kier molecular flexibility index (Phi) is 3.35. The minimum atomic E-state index is 0.709. The standard InChI is InChI=1S/C14H20ClN3/c15-13-9-11(16)4-5-14(13)18-8-2-7-17-6-1-3-12(17)10-18/h4-5,9,12H,1-3,6-8,10,16H2. The molecule has 0 saturated carbocycles. The third kappa shape index (κ3) is 2.29. The Bertz CT molecular complexity index is 435. The molecule has 3 nitrogen and oxygen atoms in total. The van der Waals surface area contributed by atoms with Gasteiger partial charge in [0, 0.05) is 31.4 Å². The average Bonchev–Trinajstić information content (AvgIpc) is 2.67. The zero-order valence-corrected chi connectivity index (χ0v) is 11.4. The fourth-order valence-corrected chi connectivity index (χ4v) is 3.51. The van der Waals surface area contributed by atoms with Crippen molar-refractivity contribution >= 4 is 23.0 Å². The number of nitrogen functional groups attached to an aromatic ring is 1. The van der Waals surface area contributed by atoms with Crippen LogP contribution in [0.5, 0.6) is 0 Å². The summed E-state index contributed by atoms with van der Waals surface area (Å²) >= 11 is 6.32. The van der Waals surface area contributed by atoms with Crippen LogP contribution in [-0.4, -0.2) is 37.1 Å². The SMILES string of the molecule is Nc1ccc(N2CCCN3CCCC3C2)c(Cl)c1. The highest BCUT2D eigenvalue weighted by atomic mass is 35.5. The third-order valence-electron chi connectivity index (χ3n) is 4.12. The van der Waals surface area contributed by atoms with Crippen LogP contribution in [0.3, 0.4) is 0 Å². The Balaban J connectivity index is 1.82. The van der Waals surface area contributed by atoms with Crippen LogP contribution in [0.4, 0.5) is 11.4 Å². The summed E-state index contributed by atoms with van der Waals surface area (Å²) in [6.07, 6.45) is 3.88. The Morgan fingerprint density at radius 1 is 1.17 bits per heavy atom. The molecule has 18 heavy (non-hydrogen) atoms. The van der Waals surface area contributed by atoms with Gasteiger partial charge in [-0.15, -0.1) is 0 Å². The van der Waals surface area contributed by atoms with Gasteiger partial charge in [0.2, 0.25) is 0 Å². The van der Waals surface area contributed by atoms with Gasteiger partial charge in [0.25, 0.3) is 0 Å². The molecule has 2 heterocycles. The number of benzene rings is 1. The van der Waals surface area contributed by atoms with Gasteiger partial charge in [-0.25, -0.2) is 0 Å². The number of hydrogen-bond acceptors (Lipinski definition) is 3. The lowest BCUT2D eigenvalue weighted by Gasteiger charge is -2.28. The van der Waals surface area contributed by atoms with Crippen LogP contribution in [-0.2, 0) is 0 Å². The maximum atomic E-state index is 6.32. The fourth-order valence-electron chi connectivity index (χ4n) is 3.21. The van der Waals surface area contributed by atoms with E-state index in [1.54, 1.807) is 0 Å². The third-order valence-corrected chi connectivity index (χ3v) is 4.42. The van der Waals surface area contributed by atoms with E-state index >= 15 is 0 Å². The summed E-state index contributed by atoms with van der Waals surface area (Å²) < 4.78 is 0. The van der Waals surface area contributed by atoms with Crippen molar-refractivity contribution in [1.29, 1.82) is 0 Å². The van der Waals surface area contributed by atoms with Crippen molar-refractivity contribution in [1.82, 2.24) is 4.90 Å². The maximum Gasteiger partial charge on any atom is 0.0660 e. The van der Waals surface area contributed by atoms with E-state index in [0.717, 1.165) is 29.5 Å². The first-order valence-corrected chi connectivity index (χ1v) is 7.16. The van der Waals surface area contributed by atoms with Crippen LogP contribution in [0, 0.1) is 0 Å². The van der Waals surface area contributed by atoms with Crippen molar-refractivity contribution in [3.05, 3.63) is 23.2 Å². The van der Waals surface area contributed by atoms with Crippen molar-refractivity contribution in [2.75, 3.05) is 36.8 Å². The summed E-state index contributed by atoms with van der Waals surface area (Å²) in [5, 5.41) is 0.779. The van der Waals surface area contributed by atoms with Crippen LogP contribution >= 0.6 is 11.6 Å². The normalized spacial score (nSPS) is 24.9. The molecule has 0 aliphatic carbocycles. The molecule has 2 fully saturated rings. The summed E-state index contributed by atoms with van der Waals surface area (Å²) in [4.78, 5) is 5.06. The van der Waals surface area contributed by atoms with E-state index in [2.05, 4.69) is 15.9 Å². The maximum absolute atomic E-state index is 6.32. The molecule has 2 saturated heterocycles. The quantitative estimate of drug-likeness (QED) is 0.793. The molecule has 0 radical (unpaired) electrons. The summed E-state index contributed by atoms with van der Waals surface area (Å²) in [5.41, 5.74) is 7.64. The van der Waals surface area contributed by atoms with Crippen LogP contribution in [0.15, 0.2) is 18.2 Å². The number of rotatable bonds is 1. The van der Waals surface area contributed by atoms with E-state index in [1.165, 1.54) is 32.4 Å². The molecule has 2 aliphatic heterocycles. The molecule has 0 bridgehead atoms. The zero-order valence-electron chi connectivity index (χ0n) is 10.6. The van der Waals surface area contributed by atoms with Gasteiger partial charge in [-0.05, 0) is 44.0 Å². The van der Waals surface area contributed by atoms with E-state index in [4.69, 9.17) is 17.3 Å².